The molecule has 2 fully saturated rings. The zero-order valence-corrected chi connectivity index (χ0v) is 22.4. The number of nitrogens with zero attached hydrogens (tertiary/aromatic N) is 6. The van der Waals surface area contributed by atoms with Gasteiger partial charge in [-0.05, 0) is 68.6 Å². The summed E-state index contributed by atoms with van der Waals surface area (Å²) in [6.45, 7) is 5.94. The van der Waals surface area contributed by atoms with E-state index < -0.39 is 0 Å². The van der Waals surface area contributed by atoms with Crippen LogP contribution in [0.25, 0.3) is 16.7 Å². The van der Waals surface area contributed by atoms with Gasteiger partial charge in [-0.25, -0.2) is 9.67 Å². The van der Waals surface area contributed by atoms with E-state index in [2.05, 4.69) is 67.8 Å². The van der Waals surface area contributed by atoms with Crippen LogP contribution in [-0.2, 0) is 0 Å². The number of pyridine rings is 2. The molecule has 202 valence electrons. The molecule has 2 saturated heterocycles. The van der Waals surface area contributed by atoms with Gasteiger partial charge in [-0.3, -0.25) is 14.5 Å². The van der Waals surface area contributed by atoms with E-state index in [0.29, 0.717) is 35.8 Å². The van der Waals surface area contributed by atoms with Crippen LogP contribution in [0.5, 0.6) is 0 Å². The Bertz CT molecular complexity index is 1540. The summed E-state index contributed by atoms with van der Waals surface area (Å²) in [5.74, 6) is 1.81. The van der Waals surface area contributed by atoms with Crippen LogP contribution in [0.3, 0.4) is 0 Å². The monoisotopic (exact) mass is 525 g/mol. The second-order valence-electron chi connectivity index (χ2n) is 11.5. The van der Waals surface area contributed by atoms with Gasteiger partial charge in [-0.2, -0.15) is 0 Å². The Kier molecular flexibility index (Phi) is 5.64. The normalized spacial score (nSPS) is 23.4. The molecule has 3 atom stereocenters. The maximum atomic E-state index is 13.5. The first-order chi connectivity index (χ1) is 18.9. The quantitative estimate of drug-likeness (QED) is 0.322. The molecule has 1 amide bonds. The average molecular weight is 526 g/mol. The van der Waals surface area contributed by atoms with Gasteiger partial charge in [0.15, 0.2) is 11.5 Å². The Morgan fingerprint density at radius 3 is 2.64 bits per heavy atom. The van der Waals surface area contributed by atoms with Crippen molar-refractivity contribution < 1.29 is 4.79 Å². The average Bonchev–Trinajstić information content (AvgIpc) is 3.84. The zero-order valence-electron chi connectivity index (χ0n) is 22.4. The lowest BCUT2D eigenvalue weighted by atomic mass is 9.89. The van der Waals surface area contributed by atoms with Crippen LogP contribution in [0.2, 0.25) is 0 Å². The van der Waals surface area contributed by atoms with Gasteiger partial charge in [0.25, 0.3) is 5.91 Å². The smallest absolute Gasteiger partial charge is 0.276 e. The molecule has 6 heterocycles. The van der Waals surface area contributed by atoms with Crippen molar-refractivity contribution in [3.63, 3.8) is 0 Å². The maximum Gasteiger partial charge on any atom is 0.276 e. The minimum Gasteiger partial charge on any atom is -0.397 e. The van der Waals surface area contributed by atoms with E-state index in [1.54, 1.807) is 12.4 Å². The fraction of sp³-hybridized carbons (Fsp3) is 0.414. The molecule has 4 aliphatic rings. The fourth-order valence-electron chi connectivity index (χ4n) is 6.48. The van der Waals surface area contributed by atoms with Crippen molar-refractivity contribution in [2.75, 3.05) is 49.2 Å². The largest absolute Gasteiger partial charge is 0.397 e. The van der Waals surface area contributed by atoms with E-state index in [0.717, 1.165) is 49.1 Å². The number of fused-ring (bicyclic) bond motifs is 2. The summed E-state index contributed by atoms with van der Waals surface area (Å²) in [5.41, 5.74) is 17.1. The number of hydrogen-bond acceptors (Lipinski definition) is 7. The highest BCUT2D eigenvalue weighted by Crippen LogP contribution is 2.42. The summed E-state index contributed by atoms with van der Waals surface area (Å²) in [6.07, 6.45) is 7.80. The van der Waals surface area contributed by atoms with Gasteiger partial charge >= 0.3 is 0 Å². The van der Waals surface area contributed by atoms with E-state index in [-0.39, 0.29) is 17.6 Å². The standard InChI is InChI=1S/C29H35N9O/c1-17-14-36(15-22(31)28(17)38-26-16-37(26)38)25-5-8-32-13-24(25)34-29(39)27-21(30)11-20-4-3-19(12-23(20)33-27)18-6-9-35(2)10-7-18/h3-5,8,11-13,16-18,22,28H,6-7,9-10,14-15,30-31H2,1-2H3,(H,34,39)/t17-,22+,28-,37?,38?/m0/s1. The van der Waals surface area contributed by atoms with Crippen molar-refractivity contribution in [2.24, 2.45) is 11.7 Å². The van der Waals surface area contributed by atoms with Crippen LogP contribution < -0.4 is 21.7 Å². The second-order valence-corrected chi connectivity index (χ2v) is 11.5. The lowest BCUT2D eigenvalue weighted by Crippen LogP contribution is -2.52. The molecule has 2 aromatic heterocycles. The first-order valence-corrected chi connectivity index (χ1v) is 13.8. The summed E-state index contributed by atoms with van der Waals surface area (Å²) < 4.78 is 4.45. The highest BCUT2D eigenvalue weighted by molar-refractivity contribution is 6.09. The minimum absolute atomic E-state index is 0.0178. The van der Waals surface area contributed by atoms with Crippen molar-refractivity contribution in [3.8, 4) is 5.82 Å². The number of nitrogens with one attached hydrogen (secondary N) is 1. The molecule has 10 heteroatoms. The van der Waals surface area contributed by atoms with E-state index in [4.69, 9.17) is 16.5 Å². The molecule has 10 nitrogen and oxygen atoms in total. The van der Waals surface area contributed by atoms with Crippen LogP contribution in [0.15, 0.2) is 48.9 Å². The number of nitrogens with two attached hydrogens (primary N) is 2. The number of benzene rings is 1. The Morgan fingerprint density at radius 2 is 1.92 bits per heavy atom. The third kappa shape index (κ3) is 4.33. The van der Waals surface area contributed by atoms with Crippen molar-refractivity contribution in [1.29, 1.82) is 0 Å². The fourth-order valence-corrected chi connectivity index (χ4v) is 6.48. The van der Waals surface area contributed by atoms with E-state index >= 15 is 0 Å². The number of carbonyl (C=O) groups excluding carboxylic acids is 1. The molecule has 5 N–H and O–H groups in total. The lowest BCUT2D eigenvalue weighted by molar-refractivity contribution is 0.102. The third-order valence-corrected chi connectivity index (χ3v) is 8.74. The zero-order chi connectivity index (χ0) is 26.8. The number of likely N-dealkylation sites (tertiary alicyclic amines) is 1. The molecule has 0 unspecified atom stereocenters. The Morgan fingerprint density at radius 1 is 1.13 bits per heavy atom. The first-order valence-electron chi connectivity index (χ1n) is 13.8. The number of carbonyl (C=O) groups is 1. The molecule has 0 radical (unpaired) electrons. The van der Waals surface area contributed by atoms with Gasteiger partial charge in [0, 0.05) is 30.7 Å². The molecule has 3 aromatic rings. The molecule has 0 spiro atoms. The molecule has 1 aromatic carbocycles. The van der Waals surface area contributed by atoms with Gasteiger partial charge in [0.1, 0.15) is 0 Å². The number of aromatic nitrogens is 4. The molecular formula is C29H35N9O. The van der Waals surface area contributed by atoms with Gasteiger partial charge in [-0.1, -0.05) is 19.1 Å². The van der Waals surface area contributed by atoms with Gasteiger partial charge in [-0.15, -0.1) is 0 Å². The third-order valence-electron chi connectivity index (χ3n) is 8.74. The van der Waals surface area contributed by atoms with Crippen LogP contribution in [0.4, 0.5) is 17.1 Å². The van der Waals surface area contributed by atoms with E-state index in [9.17, 15) is 4.79 Å². The highest BCUT2D eigenvalue weighted by Gasteiger charge is 2.44. The summed E-state index contributed by atoms with van der Waals surface area (Å²) in [6, 6.07) is 10.4. The molecule has 0 saturated carbocycles. The molecule has 4 aliphatic heterocycles. The van der Waals surface area contributed by atoms with Gasteiger partial charge in [0.05, 0.1) is 41.0 Å². The number of nitrogen functional groups attached to an aromatic ring is 1. The topological polar surface area (TPSA) is 123 Å². The predicted octanol–water partition coefficient (Wildman–Crippen LogP) is 3.20. The summed E-state index contributed by atoms with van der Waals surface area (Å²) in [4.78, 5) is 27.1. The molecule has 39 heavy (non-hydrogen) atoms. The first kappa shape index (κ1) is 24.2. The van der Waals surface area contributed by atoms with Crippen molar-refractivity contribution in [2.45, 2.75) is 37.8 Å². The van der Waals surface area contributed by atoms with Crippen LogP contribution >= 0.6 is 0 Å². The number of hydrogen-bond donors (Lipinski definition) is 3. The van der Waals surface area contributed by atoms with Crippen LogP contribution in [0.1, 0.15) is 47.8 Å². The summed E-state index contributed by atoms with van der Waals surface area (Å²) in [7, 11) is 2.17. The second kappa shape index (κ2) is 9.10. The predicted molar refractivity (Wildman–Crippen MR) is 154 cm³/mol. The Hall–Kier alpha value is -3.89. The van der Waals surface area contributed by atoms with Crippen molar-refractivity contribution in [3.05, 3.63) is 60.2 Å². The highest BCUT2D eigenvalue weighted by atomic mass is 16.1. The lowest BCUT2D eigenvalue weighted by Gasteiger charge is -2.41. The Labute approximate surface area is 227 Å². The van der Waals surface area contributed by atoms with Crippen LogP contribution in [-0.4, -0.2) is 69.4 Å². The van der Waals surface area contributed by atoms with Crippen molar-refractivity contribution >= 4 is 33.9 Å². The maximum absolute atomic E-state index is 13.5. The molecular weight excluding hydrogens is 490 g/mol. The molecule has 0 aliphatic carbocycles. The van der Waals surface area contributed by atoms with Gasteiger partial charge < -0.3 is 26.6 Å². The Balaban J connectivity index is 1.12. The van der Waals surface area contributed by atoms with Crippen LogP contribution in [0, 0.1) is 5.92 Å². The SMILES string of the molecule is C[C@H]1CN(c2ccncc2NC(=O)c2nc3cc(C4CCN(C)CC4)ccc3cc2N)C[C@@H](N)[C@H]1n1c2cn1-2. The van der Waals surface area contributed by atoms with E-state index in [1.165, 1.54) is 11.4 Å². The van der Waals surface area contributed by atoms with Gasteiger partial charge in [0.2, 0.25) is 0 Å². The minimum atomic E-state index is -0.343. The molecule has 0 bridgehead atoms. The summed E-state index contributed by atoms with van der Waals surface area (Å²) in [5, 5.41) is 3.98. The summed E-state index contributed by atoms with van der Waals surface area (Å²) >= 11 is 0. The van der Waals surface area contributed by atoms with E-state index in [1.807, 2.05) is 12.1 Å². The molecule has 7 rings (SSSR count). The number of rotatable bonds is 5. The number of amides is 1. The number of anilines is 3. The number of piperidine rings is 2. The van der Waals surface area contributed by atoms with Crippen molar-refractivity contribution in [1.82, 2.24) is 24.2 Å².